The van der Waals surface area contributed by atoms with Gasteiger partial charge in [0, 0.05) is 5.92 Å². The topological polar surface area (TPSA) is 67.5 Å². The van der Waals surface area contributed by atoms with Crippen molar-refractivity contribution in [1.29, 1.82) is 0 Å². The Balaban J connectivity index is 2.50. The van der Waals surface area contributed by atoms with Gasteiger partial charge in [0.25, 0.3) is 0 Å². The first-order valence-electron chi connectivity index (χ1n) is 4.17. The van der Waals surface area contributed by atoms with Gasteiger partial charge < -0.3 is 5.11 Å². The molecule has 0 aliphatic carbocycles. The van der Waals surface area contributed by atoms with Crippen molar-refractivity contribution in [3.63, 3.8) is 0 Å². The van der Waals surface area contributed by atoms with Crippen LogP contribution in [0.3, 0.4) is 0 Å². The molecule has 6 heteroatoms. The number of nitrogens with zero attached hydrogens (tertiary/aromatic N) is 3. The highest BCUT2D eigenvalue weighted by Crippen LogP contribution is 2.21. The molecule has 5 nitrogen and oxygen atoms in total. The van der Waals surface area contributed by atoms with Crippen LogP contribution in [0.5, 0.6) is 0 Å². The van der Waals surface area contributed by atoms with E-state index >= 15 is 0 Å². The molecule has 74 valence electrons. The van der Waals surface area contributed by atoms with Crippen molar-refractivity contribution in [3.05, 3.63) is 16.9 Å². The molecule has 0 fully saturated rings. The standard InChI is InChI=1S/C8H9N3O2S/c1-4(2)6-10-11-3-5(7(12)13)9-8(11)14-6/h3-4H,1-2H3,(H,12,13). The quantitative estimate of drug-likeness (QED) is 0.819. The van der Waals surface area contributed by atoms with Gasteiger partial charge >= 0.3 is 5.97 Å². The zero-order valence-corrected chi connectivity index (χ0v) is 8.58. The van der Waals surface area contributed by atoms with E-state index in [1.165, 1.54) is 22.0 Å². The van der Waals surface area contributed by atoms with Gasteiger partial charge in [0.1, 0.15) is 5.01 Å². The summed E-state index contributed by atoms with van der Waals surface area (Å²) < 4.78 is 1.52. The van der Waals surface area contributed by atoms with E-state index in [0.29, 0.717) is 10.9 Å². The van der Waals surface area contributed by atoms with Crippen LogP contribution in [0.15, 0.2) is 6.20 Å². The highest BCUT2D eigenvalue weighted by Gasteiger charge is 2.13. The second kappa shape index (κ2) is 3.06. The molecule has 2 aromatic rings. The molecule has 2 heterocycles. The van der Waals surface area contributed by atoms with Gasteiger partial charge in [-0.15, -0.1) is 0 Å². The number of imidazole rings is 1. The van der Waals surface area contributed by atoms with Gasteiger partial charge in [-0.1, -0.05) is 25.2 Å². The second-order valence-electron chi connectivity index (χ2n) is 3.25. The number of hydrogen-bond donors (Lipinski definition) is 1. The van der Waals surface area contributed by atoms with Crippen LogP contribution in [0.1, 0.15) is 35.3 Å². The molecule has 0 unspecified atom stereocenters. The molecule has 0 aromatic carbocycles. The van der Waals surface area contributed by atoms with Gasteiger partial charge in [-0.3, -0.25) is 0 Å². The van der Waals surface area contributed by atoms with Crippen molar-refractivity contribution in [2.75, 3.05) is 0 Å². The summed E-state index contributed by atoms with van der Waals surface area (Å²) in [6, 6.07) is 0. The molecule has 14 heavy (non-hydrogen) atoms. The Morgan fingerprint density at radius 2 is 2.36 bits per heavy atom. The number of aromatic nitrogens is 3. The summed E-state index contributed by atoms with van der Waals surface area (Å²) in [5.74, 6) is -0.677. The summed E-state index contributed by atoms with van der Waals surface area (Å²) in [7, 11) is 0. The van der Waals surface area contributed by atoms with Crippen molar-refractivity contribution < 1.29 is 9.90 Å². The maximum atomic E-state index is 10.6. The lowest BCUT2D eigenvalue weighted by molar-refractivity contribution is 0.0691. The Morgan fingerprint density at radius 1 is 1.64 bits per heavy atom. The van der Waals surface area contributed by atoms with Gasteiger partial charge in [-0.05, 0) is 0 Å². The summed E-state index contributed by atoms with van der Waals surface area (Å²) in [4.78, 5) is 15.2. The fraction of sp³-hybridized carbons (Fsp3) is 0.375. The fourth-order valence-electron chi connectivity index (χ4n) is 1.05. The monoisotopic (exact) mass is 211 g/mol. The van der Waals surface area contributed by atoms with Crippen LogP contribution in [0.2, 0.25) is 0 Å². The van der Waals surface area contributed by atoms with Crippen molar-refractivity contribution in [1.82, 2.24) is 14.6 Å². The molecule has 0 atom stereocenters. The molecule has 0 aliphatic rings. The van der Waals surface area contributed by atoms with Crippen LogP contribution < -0.4 is 0 Å². The Hall–Kier alpha value is -1.43. The number of fused-ring (bicyclic) bond motifs is 1. The van der Waals surface area contributed by atoms with Crippen LogP contribution in [-0.4, -0.2) is 25.7 Å². The lowest BCUT2D eigenvalue weighted by Gasteiger charge is -1.93. The molecule has 2 aromatic heterocycles. The molecule has 0 bridgehead atoms. The smallest absolute Gasteiger partial charge is 0.356 e. The van der Waals surface area contributed by atoms with Crippen molar-refractivity contribution in [2.24, 2.45) is 0 Å². The van der Waals surface area contributed by atoms with Gasteiger partial charge in [-0.2, -0.15) is 5.10 Å². The maximum absolute atomic E-state index is 10.6. The first-order valence-corrected chi connectivity index (χ1v) is 4.99. The van der Waals surface area contributed by atoms with Gasteiger partial charge in [0.05, 0.1) is 6.20 Å². The van der Waals surface area contributed by atoms with Gasteiger partial charge in [0.15, 0.2) is 5.69 Å². The SMILES string of the molecule is CC(C)c1nn2cc(C(=O)O)nc2s1. The second-order valence-corrected chi connectivity index (χ2v) is 4.24. The highest BCUT2D eigenvalue weighted by molar-refractivity contribution is 7.16. The van der Waals surface area contributed by atoms with E-state index in [0.717, 1.165) is 5.01 Å². The van der Waals surface area contributed by atoms with Crippen LogP contribution in [0, 0.1) is 0 Å². The Kier molecular flexibility index (Phi) is 1.99. The first-order chi connectivity index (χ1) is 6.58. The lowest BCUT2D eigenvalue weighted by Crippen LogP contribution is -1.96. The Labute approximate surface area is 84.0 Å². The summed E-state index contributed by atoms with van der Waals surface area (Å²) in [6.07, 6.45) is 1.43. The molecule has 0 radical (unpaired) electrons. The predicted octanol–water partition coefficient (Wildman–Crippen LogP) is 1.61. The van der Waals surface area contributed by atoms with Gasteiger partial charge in [0.2, 0.25) is 4.96 Å². The van der Waals surface area contributed by atoms with Crippen molar-refractivity contribution in [2.45, 2.75) is 19.8 Å². The third kappa shape index (κ3) is 1.37. The zero-order valence-electron chi connectivity index (χ0n) is 7.76. The van der Waals surface area contributed by atoms with Crippen LogP contribution in [0.4, 0.5) is 0 Å². The average Bonchev–Trinajstić information content (AvgIpc) is 2.57. The van der Waals surface area contributed by atoms with E-state index in [1.54, 1.807) is 0 Å². The minimum absolute atomic E-state index is 0.0408. The molecule has 1 N–H and O–H groups in total. The third-order valence-electron chi connectivity index (χ3n) is 1.77. The number of carboxylic acid groups (broad SMARTS) is 1. The van der Waals surface area contributed by atoms with Crippen LogP contribution in [0.25, 0.3) is 4.96 Å². The van der Waals surface area contributed by atoms with E-state index < -0.39 is 5.97 Å². The third-order valence-corrected chi connectivity index (χ3v) is 2.99. The molecule has 0 amide bonds. The Bertz CT molecular complexity index is 454. The molecule has 0 aliphatic heterocycles. The number of carboxylic acids is 1. The lowest BCUT2D eigenvalue weighted by atomic mass is 10.2. The van der Waals surface area contributed by atoms with E-state index in [4.69, 9.17) is 5.11 Å². The number of carbonyl (C=O) groups is 1. The molecular formula is C8H9N3O2S. The summed E-state index contributed by atoms with van der Waals surface area (Å²) in [5, 5.41) is 13.9. The van der Waals surface area contributed by atoms with E-state index in [-0.39, 0.29) is 5.69 Å². The molecule has 2 rings (SSSR count). The summed E-state index contributed by atoms with van der Waals surface area (Å²) in [5.41, 5.74) is 0.0408. The van der Waals surface area contributed by atoms with Crippen molar-refractivity contribution in [3.8, 4) is 0 Å². The normalized spacial score (nSPS) is 11.4. The highest BCUT2D eigenvalue weighted by atomic mass is 32.1. The van der Waals surface area contributed by atoms with Crippen LogP contribution in [-0.2, 0) is 0 Å². The summed E-state index contributed by atoms with van der Waals surface area (Å²) >= 11 is 1.42. The van der Waals surface area contributed by atoms with Gasteiger partial charge in [-0.25, -0.2) is 14.3 Å². The Morgan fingerprint density at radius 3 is 2.86 bits per heavy atom. The molecule has 0 saturated carbocycles. The van der Waals surface area contributed by atoms with Crippen molar-refractivity contribution >= 4 is 22.3 Å². The minimum atomic E-state index is -1.02. The fourth-order valence-corrected chi connectivity index (χ4v) is 1.93. The maximum Gasteiger partial charge on any atom is 0.356 e. The minimum Gasteiger partial charge on any atom is -0.476 e. The zero-order chi connectivity index (χ0) is 10.3. The predicted molar refractivity (Wildman–Crippen MR) is 51.9 cm³/mol. The summed E-state index contributed by atoms with van der Waals surface area (Å²) in [6.45, 7) is 4.08. The molecule has 0 spiro atoms. The van der Waals surface area contributed by atoms with E-state index in [1.807, 2.05) is 13.8 Å². The average molecular weight is 211 g/mol. The molecular weight excluding hydrogens is 202 g/mol. The molecule has 0 saturated heterocycles. The number of hydrogen-bond acceptors (Lipinski definition) is 4. The first kappa shape index (κ1) is 9.14. The van der Waals surface area contributed by atoms with E-state index in [2.05, 4.69) is 10.1 Å². The number of aromatic carboxylic acids is 1. The largest absolute Gasteiger partial charge is 0.476 e. The van der Waals surface area contributed by atoms with E-state index in [9.17, 15) is 4.79 Å². The van der Waals surface area contributed by atoms with Crippen LogP contribution >= 0.6 is 11.3 Å². The number of rotatable bonds is 2.